The van der Waals surface area contributed by atoms with E-state index in [-0.39, 0.29) is 17.8 Å². The highest BCUT2D eigenvalue weighted by Crippen LogP contribution is 2.19. The molecule has 94 valence electrons. The number of nitrogen functional groups attached to an aromatic ring is 1. The molecule has 5 heteroatoms. The Hall–Kier alpha value is -1.29. The number of hydrogen-bond donors (Lipinski definition) is 1. The topological polar surface area (TPSA) is 59.2 Å². The number of nitrogens with two attached hydrogens (primary N) is 1. The summed E-state index contributed by atoms with van der Waals surface area (Å²) < 4.78 is 0. The minimum absolute atomic E-state index is 0.0967. The minimum atomic E-state index is -0.0967. The molecule has 1 heterocycles. The van der Waals surface area contributed by atoms with Crippen molar-refractivity contribution in [2.45, 2.75) is 26.8 Å². The second-order valence-corrected chi connectivity index (χ2v) is 4.90. The number of anilines is 1. The molecule has 1 aromatic rings. The van der Waals surface area contributed by atoms with Gasteiger partial charge >= 0.3 is 0 Å². The lowest BCUT2D eigenvalue weighted by Gasteiger charge is -2.28. The first-order valence-electron chi connectivity index (χ1n) is 5.52. The van der Waals surface area contributed by atoms with Crippen LogP contribution in [-0.2, 0) is 0 Å². The summed E-state index contributed by atoms with van der Waals surface area (Å²) >= 11 is 5.85. The molecule has 17 heavy (non-hydrogen) atoms. The molecule has 1 rings (SSSR count). The number of carbonyl (C=O) groups is 1. The van der Waals surface area contributed by atoms with E-state index in [1.54, 1.807) is 18.0 Å². The lowest BCUT2D eigenvalue weighted by atomic mass is 10.0. The molecule has 0 spiro atoms. The lowest BCUT2D eigenvalue weighted by Crippen LogP contribution is -2.38. The molecule has 0 radical (unpaired) electrons. The summed E-state index contributed by atoms with van der Waals surface area (Å²) in [5, 5.41) is 0.307. The molecule has 0 bridgehead atoms. The van der Waals surface area contributed by atoms with Gasteiger partial charge in [-0.2, -0.15) is 0 Å². The molecule has 0 aliphatic heterocycles. The van der Waals surface area contributed by atoms with E-state index in [1.165, 1.54) is 6.20 Å². The number of halogens is 1. The molecule has 1 aromatic heterocycles. The van der Waals surface area contributed by atoms with Crippen LogP contribution in [0.1, 0.15) is 31.1 Å². The standard InChI is InChI=1S/C12H18ClN3O/c1-7(2)8(3)16(4)12(17)9-5-10(13)11(14)15-6-9/h5-8H,1-4H3,(H2,14,15). The Balaban J connectivity index is 2.92. The van der Waals surface area contributed by atoms with Crippen molar-refractivity contribution in [2.75, 3.05) is 12.8 Å². The van der Waals surface area contributed by atoms with E-state index >= 15 is 0 Å². The van der Waals surface area contributed by atoms with Crippen LogP contribution in [0.15, 0.2) is 12.3 Å². The number of hydrogen-bond acceptors (Lipinski definition) is 3. The molecule has 1 amide bonds. The Morgan fingerprint density at radius 3 is 2.53 bits per heavy atom. The molecule has 0 fully saturated rings. The van der Waals surface area contributed by atoms with E-state index in [4.69, 9.17) is 17.3 Å². The SMILES string of the molecule is CC(C)C(C)N(C)C(=O)c1cnc(N)c(Cl)c1. The van der Waals surface area contributed by atoms with Crippen LogP contribution >= 0.6 is 11.6 Å². The van der Waals surface area contributed by atoms with Gasteiger partial charge in [-0.15, -0.1) is 0 Å². The monoisotopic (exact) mass is 255 g/mol. The van der Waals surface area contributed by atoms with E-state index in [0.717, 1.165) is 0 Å². The molecule has 2 N–H and O–H groups in total. The van der Waals surface area contributed by atoms with Gasteiger partial charge in [-0.1, -0.05) is 25.4 Å². The molecular weight excluding hydrogens is 238 g/mol. The van der Waals surface area contributed by atoms with Crippen molar-refractivity contribution in [3.05, 3.63) is 22.8 Å². The van der Waals surface area contributed by atoms with E-state index < -0.39 is 0 Å². The van der Waals surface area contributed by atoms with Crippen LogP contribution in [0.3, 0.4) is 0 Å². The van der Waals surface area contributed by atoms with Gasteiger partial charge in [0, 0.05) is 19.3 Å². The van der Waals surface area contributed by atoms with Crippen LogP contribution in [0.5, 0.6) is 0 Å². The Morgan fingerprint density at radius 1 is 1.47 bits per heavy atom. The van der Waals surface area contributed by atoms with Gasteiger partial charge in [-0.05, 0) is 18.9 Å². The molecule has 0 saturated carbocycles. The minimum Gasteiger partial charge on any atom is -0.382 e. The van der Waals surface area contributed by atoms with Crippen LogP contribution in [0, 0.1) is 5.92 Å². The fourth-order valence-electron chi connectivity index (χ4n) is 1.40. The summed E-state index contributed by atoms with van der Waals surface area (Å²) in [6.45, 7) is 6.15. The van der Waals surface area contributed by atoms with E-state index in [9.17, 15) is 4.79 Å². The van der Waals surface area contributed by atoms with Crippen molar-refractivity contribution in [1.29, 1.82) is 0 Å². The fraction of sp³-hybridized carbons (Fsp3) is 0.500. The first-order valence-corrected chi connectivity index (χ1v) is 5.90. The molecule has 0 aliphatic rings. The molecule has 0 saturated heterocycles. The van der Waals surface area contributed by atoms with Crippen LogP contribution in [-0.4, -0.2) is 28.9 Å². The zero-order chi connectivity index (χ0) is 13.2. The molecular formula is C12H18ClN3O. The van der Waals surface area contributed by atoms with Crippen LogP contribution in [0.4, 0.5) is 5.82 Å². The predicted octanol–water partition coefficient (Wildman–Crippen LogP) is 2.43. The van der Waals surface area contributed by atoms with Crippen molar-refractivity contribution in [3.63, 3.8) is 0 Å². The van der Waals surface area contributed by atoms with Gasteiger partial charge < -0.3 is 10.6 Å². The Morgan fingerprint density at radius 2 is 2.06 bits per heavy atom. The maximum atomic E-state index is 12.1. The van der Waals surface area contributed by atoms with Gasteiger partial charge in [-0.25, -0.2) is 4.98 Å². The molecule has 0 aliphatic carbocycles. The maximum absolute atomic E-state index is 12.1. The summed E-state index contributed by atoms with van der Waals surface area (Å²) in [7, 11) is 1.78. The number of nitrogens with zero attached hydrogens (tertiary/aromatic N) is 2. The highest BCUT2D eigenvalue weighted by molar-refractivity contribution is 6.33. The van der Waals surface area contributed by atoms with Crippen LogP contribution in [0.2, 0.25) is 5.02 Å². The van der Waals surface area contributed by atoms with Gasteiger partial charge in [0.25, 0.3) is 5.91 Å². The highest BCUT2D eigenvalue weighted by Gasteiger charge is 2.20. The van der Waals surface area contributed by atoms with Crippen molar-refractivity contribution in [3.8, 4) is 0 Å². The predicted molar refractivity (Wildman–Crippen MR) is 70.1 cm³/mol. The summed E-state index contributed by atoms with van der Waals surface area (Å²) in [5.74, 6) is 0.532. The highest BCUT2D eigenvalue weighted by atomic mass is 35.5. The van der Waals surface area contributed by atoms with Crippen molar-refractivity contribution >= 4 is 23.3 Å². The maximum Gasteiger partial charge on any atom is 0.255 e. The number of rotatable bonds is 3. The lowest BCUT2D eigenvalue weighted by molar-refractivity contribution is 0.0707. The zero-order valence-electron chi connectivity index (χ0n) is 10.6. The second-order valence-electron chi connectivity index (χ2n) is 4.49. The van der Waals surface area contributed by atoms with Crippen molar-refractivity contribution in [1.82, 2.24) is 9.88 Å². The van der Waals surface area contributed by atoms with Gasteiger partial charge in [0.15, 0.2) is 0 Å². The number of aromatic nitrogens is 1. The second kappa shape index (κ2) is 5.36. The number of carbonyl (C=O) groups excluding carboxylic acids is 1. The quantitative estimate of drug-likeness (QED) is 0.903. The summed E-state index contributed by atoms with van der Waals surface area (Å²) in [5.41, 5.74) is 5.96. The van der Waals surface area contributed by atoms with Gasteiger partial charge in [0.2, 0.25) is 0 Å². The summed E-state index contributed by atoms with van der Waals surface area (Å²) in [6, 6.07) is 1.70. The third kappa shape index (κ3) is 3.09. The molecule has 1 unspecified atom stereocenters. The van der Waals surface area contributed by atoms with E-state index in [2.05, 4.69) is 18.8 Å². The average molecular weight is 256 g/mol. The number of pyridine rings is 1. The molecule has 0 aromatic carbocycles. The van der Waals surface area contributed by atoms with E-state index in [1.807, 2.05) is 6.92 Å². The summed E-state index contributed by atoms with van der Waals surface area (Å²) in [4.78, 5) is 17.7. The smallest absolute Gasteiger partial charge is 0.255 e. The molecule has 4 nitrogen and oxygen atoms in total. The summed E-state index contributed by atoms with van der Waals surface area (Å²) in [6.07, 6.45) is 1.45. The van der Waals surface area contributed by atoms with Crippen LogP contribution in [0.25, 0.3) is 0 Å². The van der Waals surface area contributed by atoms with Crippen molar-refractivity contribution < 1.29 is 4.79 Å². The Bertz CT molecular complexity index is 420. The first kappa shape index (κ1) is 13.8. The zero-order valence-corrected chi connectivity index (χ0v) is 11.3. The third-order valence-corrected chi connectivity index (χ3v) is 3.32. The fourth-order valence-corrected chi connectivity index (χ4v) is 1.57. The van der Waals surface area contributed by atoms with Gasteiger partial charge in [-0.3, -0.25) is 4.79 Å². The first-order chi connectivity index (χ1) is 7.84. The molecule has 1 atom stereocenters. The van der Waals surface area contributed by atoms with Crippen molar-refractivity contribution in [2.24, 2.45) is 5.92 Å². The number of amides is 1. The average Bonchev–Trinajstić information content (AvgIpc) is 2.29. The third-order valence-electron chi connectivity index (χ3n) is 3.01. The largest absolute Gasteiger partial charge is 0.382 e. The normalized spacial score (nSPS) is 12.6. The van der Waals surface area contributed by atoms with Gasteiger partial charge in [0.05, 0.1) is 10.6 Å². The van der Waals surface area contributed by atoms with Crippen LogP contribution < -0.4 is 5.73 Å². The Labute approximate surface area is 107 Å². The van der Waals surface area contributed by atoms with Gasteiger partial charge in [0.1, 0.15) is 5.82 Å². The Kier molecular flexibility index (Phi) is 4.34. The van der Waals surface area contributed by atoms with E-state index in [0.29, 0.717) is 16.5 Å².